The van der Waals surface area contributed by atoms with E-state index in [9.17, 15) is 14.0 Å². The highest BCUT2D eigenvalue weighted by molar-refractivity contribution is 7.14. The third kappa shape index (κ3) is 8.77. The lowest BCUT2D eigenvalue weighted by Gasteiger charge is -2.11. The van der Waals surface area contributed by atoms with E-state index in [0.29, 0.717) is 50.8 Å². The van der Waals surface area contributed by atoms with Crippen LogP contribution in [0.15, 0.2) is 102 Å². The first-order valence-corrected chi connectivity index (χ1v) is 16.9. The summed E-state index contributed by atoms with van der Waals surface area (Å²) in [7, 11) is 0. The maximum atomic E-state index is 13.9. The minimum absolute atomic E-state index is 0.205. The van der Waals surface area contributed by atoms with E-state index in [1.54, 1.807) is 53.9 Å². The van der Waals surface area contributed by atoms with Crippen LogP contribution in [0.4, 0.5) is 14.7 Å². The zero-order chi connectivity index (χ0) is 34.2. The van der Waals surface area contributed by atoms with Crippen molar-refractivity contribution in [1.82, 2.24) is 20.6 Å². The Morgan fingerprint density at radius 2 is 1.35 bits per heavy atom. The molecule has 0 fully saturated rings. The normalized spacial score (nSPS) is 10.8. The first-order valence-electron chi connectivity index (χ1n) is 15.1. The predicted octanol–water partition coefficient (Wildman–Crippen LogP) is 6.55. The Morgan fingerprint density at radius 1 is 0.694 bits per heavy atom. The maximum absolute atomic E-state index is 13.9. The molecule has 0 aliphatic carbocycles. The highest BCUT2D eigenvalue weighted by Crippen LogP contribution is 2.33. The number of amides is 2. The van der Waals surface area contributed by atoms with Gasteiger partial charge in [0.25, 0.3) is 11.8 Å². The first kappa shape index (κ1) is 33.1. The van der Waals surface area contributed by atoms with E-state index in [-0.39, 0.29) is 31.5 Å². The van der Waals surface area contributed by atoms with E-state index in [1.807, 2.05) is 35.7 Å². The molecular weight excluding hydrogens is 664 g/mol. The zero-order valence-corrected chi connectivity index (χ0v) is 27.7. The molecule has 248 valence electrons. The molecule has 0 unspecified atom stereocenters. The van der Waals surface area contributed by atoms with Crippen molar-refractivity contribution < 1.29 is 23.5 Å². The minimum Gasteiger partial charge on any atom is -0.489 e. The molecule has 0 bridgehead atoms. The average Bonchev–Trinajstić information content (AvgIpc) is 3.77. The molecular formula is C36H31FN6O4S2. The fraction of sp³-hybridized carbons (Fsp3) is 0.111. The number of nitrogens with one attached hydrogen (secondary N) is 2. The highest BCUT2D eigenvalue weighted by Gasteiger charge is 2.13. The van der Waals surface area contributed by atoms with E-state index in [4.69, 9.17) is 20.9 Å². The highest BCUT2D eigenvalue weighted by atomic mass is 32.1. The number of nitrogens with zero attached hydrogens (tertiary/aromatic N) is 2. The number of rotatable bonds is 13. The van der Waals surface area contributed by atoms with Crippen LogP contribution in [0.1, 0.15) is 31.8 Å². The van der Waals surface area contributed by atoms with Crippen molar-refractivity contribution in [2.75, 3.05) is 24.6 Å². The molecule has 2 heterocycles. The van der Waals surface area contributed by atoms with E-state index >= 15 is 0 Å². The zero-order valence-electron chi connectivity index (χ0n) is 26.0. The van der Waals surface area contributed by atoms with E-state index in [0.717, 1.165) is 22.4 Å². The van der Waals surface area contributed by atoms with Gasteiger partial charge in [-0.1, -0.05) is 24.3 Å². The lowest BCUT2D eigenvalue weighted by Crippen LogP contribution is -2.34. The fourth-order valence-electron chi connectivity index (χ4n) is 4.82. The van der Waals surface area contributed by atoms with E-state index < -0.39 is 5.82 Å². The lowest BCUT2D eigenvalue weighted by molar-refractivity contribution is 0.0927. The van der Waals surface area contributed by atoms with Gasteiger partial charge in [0, 0.05) is 46.1 Å². The first-order chi connectivity index (χ1) is 23.8. The van der Waals surface area contributed by atoms with Gasteiger partial charge in [0.1, 0.15) is 30.5 Å². The van der Waals surface area contributed by atoms with Crippen molar-refractivity contribution in [2.24, 2.45) is 0 Å². The lowest BCUT2D eigenvalue weighted by atomic mass is 10.1. The molecule has 6 N–H and O–H groups in total. The summed E-state index contributed by atoms with van der Waals surface area (Å²) < 4.78 is 25.8. The molecule has 49 heavy (non-hydrogen) atoms. The topological polar surface area (TPSA) is 154 Å². The summed E-state index contributed by atoms with van der Waals surface area (Å²) in [4.78, 5) is 34.0. The number of anilines is 2. The molecule has 0 aliphatic rings. The summed E-state index contributed by atoms with van der Waals surface area (Å²) in [6.45, 7) is 0.992. The van der Waals surface area contributed by atoms with Gasteiger partial charge >= 0.3 is 0 Å². The molecule has 0 saturated heterocycles. The molecule has 2 aromatic heterocycles. The third-order valence-corrected chi connectivity index (χ3v) is 8.66. The summed E-state index contributed by atoms with van der Waals surface area (Å²) in [5, 5.41) is 10.2. The Bertz CT molecular complexity index is 2070. The number of thiazole rings is 2. The van der Waals surface area contributed by atoms with Gasteiger partial charge in [-0.2, -0.15) is 0 Å². The number of nitrogens with two attached hydrogens (primary N) is 2. The molecule has 0 spiro atoms. The van der Waals surface area contributed by atoms with Crippen molar-refractivity contribution in [3.8, 4) is 34.0 Å². The SMILES string of the molecule is Nc1nc(-c2ccc(OCc3cccc(C(=O)NCCNC(=O)c4ccc(COc5ccc(F)cc5-c5csc(N)n5)cc4)c3)cc2)cs1. The van der Waals surface area contributed by atoms with Crippen LogP contribution in [0.2, 0.25) is 0 Å². The van der Waals surface area contributed by atoms with Crippen molar-refractivity contribution in [2.45, 2.75) is 13.2 Å². The molecule has 0 aliphatic heterocycles. The summed E-state index contributed by atoms with van der Waals surface area (Å²) in [5.41, 5.74) is 16.9. The van der Waals surface area contributed by atoms with Crippen LogP contribution in [-0.2, 0) is 13.2 Å². The number of carbonyl (C=O) groups is 2. The monoisotopic (exact) mass is 694 g/mol. The Balaban J connectivity index is 0.932. The Kier molecular flexibility index (Phi) is 10.4. The molecule has 0 atom stereocenters. The summed E-state index contributed by atoms with van der Waals surface area (Å²) in [5.74, 6) is 0.230. The molecule has 0 saturated carbocycles. The van der Waals surface area contributed by atoms with Gasteiger partial charge < -0.3 is 31.6 Å². The molecule has 6 rings (SSSR count). The molecule has 2 amide bonds. The number of hydrogen-bond donors (Lipinski definition) is 4. The second-order valence-electron chi connectivity index (χ2n) is 10.8. The number of hydrogen-bond acceptors (Lipinski definition) is 10. The van der Waals surface area contributed by atoms with E-state index in [1.165, 1.54) is 34.8 Å². The maximum Gasteiger partial charge on any atom is 0.251 e. The molecule has 13 heteroatoms. The average molecular weight is 695 g/mol. The number of carbonyl (C=O) groups excluding carboxylic acids is 2. The van der Waals surface area contributed by atoms with Crippen molar-refractivity contribution in [3.63, 3.8) is 0 Å². The second kappa shape index (κ2) is 15.4. The van der Waals surface area contributed by atoms with Crippen LogP contribution in [0, 0.1) is 5.82 Å². The van der Waals surface area contributed by atoms with Crippen LogP contribution >= 0.6 is 22.7 Å². The fourth-order valence-corrected chi connectivity index (χ4v) is 5.96. The van der Waals surface area contributed by atoms with Gasteiger partial charge in [0.05, 0.1) is 11.4 Å². The van der Waals surface area contributed by atoms with Gasteiger partial charge in [0.2, 0.25) is 0 Å². The van der Waals surface area contributed by atoms with E-state index in [2.05, 4.69) is 20.6 Å². The standard InChI is InChI=1S/C36H31FN6O4S2/c37-27-10-13-32(29(17-27)31-21-49-36(39)43-31)47-18-22-4-6-25(7-5-22)33(44)40-14-15-41-34(45)26-3-1-2-23(16-26)19-46-28-11-8-24(9-12-28)30-20-48-35(38)42-30/h1-13,16-17,20-21H,14-15,18-19H2,(H2,38,42)(H2,39,43)(H,40,44)(H,41,45). The molecule has 0 radical (unpaired) electrons. The Morgan fingerprint density at radius 3 is 2.02 bits per heavy atom. The van der Waals surface area contributed by atoms with Gasteiger partial charge in [-0.25, -0.2) is 14.4 Å². The van der Waals surface area contributed by atoms with Crippen LogP contribution in [-0.4, -0.2) is 34.9 Å². The molecule has 6 aromatic rings. The quantitative estimate of drug-likeness (QED) is 0.0993. The number of benzene rings is 4. The Hall–Kier alpha value is -5.79. The van der Waals surface area contributed by atoms with Crippen molar-refractivity contribution in [1.29, 1.82) is 0 Å². The van der Waals surface area contributed by atoms with Crippen molar-refractivity contribution >= 4 is 44.8 Å². The van der Waals surface area contributed by atoms with Crippen LogP contribution < -0.4 is 31.6 Å². The van der Waals surface area contributed by atoms with Crippen molar-refractivity contribution in [3.05, 3.63) is 130 Å². The van der Waals surface area contributed by atoms with Gasteiger partial charge in [-0.05, 0) is 77.9 Å². The number of halogens is 1. The summed E-state index contributed by atoms with van der Waals surface area (Å²) >= 11 is 2.66. The number of aromatic nitrogens is 2. The van der Waals surface area contributed by atoms with Crippen LogP contribution in [0.5, 0.6) is 11.5 Å². The second-order valence-corrected chi connectivity index (χ2v) is 12.6. The van der Waals surface area contributed by atoms with Crippen LogP contribution in [0.25, 0.3) is 22.5 Å². The Labute approximate surface area is 289 Å². The summed E-state index contributed by atoms with van der Waals surface area (Å²) in [6.07, 6.45) is 0. The number of nitrogen functional groups attached to an aromatic ring is 2. The van der Waals surface area contributed by atoms with Gasteiger partial charge in [0.15, 0.2) is 10.3 Å². The third-order valence-electron chi connectivity index (χ3n) is 7.31. The van der Waals surface area contributed by atoms with Gasteiger partial charge in [-0.15, -0.1) is 22.7 Å². The number of ether oxygens (including phenoxy) is 2. The van der Waals surface area contributed by atoms with Gasteiger partial charge in [-0.3, -0.25) is 9.59 Å². The molecule has 4 aromatic carbocycles. The van der Waals surface area contributed by atoms with Crippen LogP contribution in [0.3, 0.4) is 0 Å². The smallest absolute Gasteiger partial charge is 0.251 e. The molecule has 10 nitrogen and oxygen atoms in total. The largest absolute Gasteiger partial charge is 0.489 e. The minimum atomic E-state index is -0.405. The summed E-state index contributed by atoms with van der Waals surface area (Å²) in [6, 6.07) is 26.0. The predicted molar refractivity (Wildman–Crippen MR) is 190 cm³/mol.